The van der Waals surface area contributed by atoms with Gasteiger partial charge in [-0.15, -0.1) is 0 Å². The maximum absolute atomic E-state index is 11.9. The van der Waals surface area contributed by atoms with E-state index >= 15 is 0 Å². The Morgan fingerprint density at radius 3 is 2.94 bits per heavy atom. The van der Waals surface area contributed by atoms with Gasteiger partial charge in [0.05, 0.1) is 12.1 Å². The molecular weight excluding hydrogens is 228 g/mol. The zero-order valence-electron chi connectivity index (χ0n) is 10.5. The van der Waals surface area contributed by atoms with E-state index in [4.69, 9.17) is 0 Å². The summed E-state index contributed by atoms with van der Waals surface area (Å²) in [6, 6.07) is 5.47. The van der Waals surface area contributed by atoms with Crippen LogP contribution in [-0.2, 0) is 6.54 Å². The van der Waals surface area contributed by atoms with Crippen LogP contribution in [-0.4, -0.2) is 26.7 Å². The van der Waals surface area contributed by atoms with Crippen LogP contribution < -0.4 is 5.32 Å². The molecule has 1 unspecified atom stereocenters. The van der Waals surface area contributed by atoms with E-state index in [1.54, 1.807) is 23.1 Å². The Bertz CT molecular complexity index is 504. The summed E-state index contributed by atoms with van der Waals surface area (Å²) in [4.78, 5) is 16.0. The fourth-order valence-electron chi connectivity index (χ4n) is 1.64. The standard InChI is InChI=1S/C13H16N4O/c1-10-4-5-12(8-14-10)13(18)16-11(2)9-17-7-3-6-15-17/h3-8,11H,9H2,1-2H3,(H,16,18). The number of carbonyl (C=O) groups is 1. The van der Waals surface area contributed by atoms with Crippen molar-refractivity contribution in [3.63, 3.8) is 0 Å². The molecule has 0 aliphatic carbocycles. The molecule has 5 nitrogen and oxygen atoms in total. The highest BCUT2D eigenvalue weighted by molar-refractivity contribution is 5.94. The number of aryl methyl sites for hydroxylation is 1. The van der Waals surface area contributed by atoms with Gasteiger partial charge in [-0.25, -0.2) is 0 Å². The minimum absolute atomic E-state index is 0.0127. The van der Waals surface area contributed by atoms with E-state index in [1.807, 2.05) is 32.2 Å². The predicted molar refractivity (Wildman–Crippen MR) is 68.1 cm³/mol. The lowest BCUT2D eigenvalue weighted by Gasteiger charge is -2.13. The molecule has 0 fully saturated rings. The minimum Gasteiger partial charge on any atom is -0.348 e. The van der Waals surface area contributed by atoms with E-state index < -0.39 is 0 Å². The van der Waals surface area contributed by atoms with E-state index in [0.717, 1.165) is 5.69 Å². The molecule has 0 aliphatic rings. The van der Waals surface area contributed by atoms with Crippen LogP contribution in [0.3, 0.4) is 0 Å². The second-order valence-electron chi connectivity index (χ2n) is 4.29. The molecule has 1 atom stereocenters. The lowest BCUT2D eigenvalue weighted by Crippen LogP contribution is -2.35. The number of hydrogen-bond acceptors (Lipinski definition) is 3. The molecule has 2 heterocycles. The van der Waals surface area contributed by atoms with Gasteiger partial charge in [-0.2, -0.15) is 5.10 Å². The predicted octanol–water partition coefficient (Wildman–Crippen LogP) is 1.41. The van der Waals surface area contributed by atoms with Gasteiger partial charge in [0.1, 0.15) is 0 Å². The highest BCUT2D eigenvalue weighted by Gasteiger charge is 2.10. The molecule has 0 radical (unpaired) electrons. The largest absolute Gasteiger partial charge is 0.348 e. The van der Waals surface area contributed by atoms with Gasteiger partial charge >= 0.3 is 0 Å². The van der Waals surface area contributed by atoms with Crippen molar-refractivity contribution in [2.75, 3.05) is 0 Å². The van der Waals surface area contributed by atoms with Crippen LogP contribution in [0.4, 0.5) is 0 Å². The normalized spacial score (nSPS) is 12.1. The van der Waals surface area contributed by atoms with Crippen LogP contribution in [0, 0.1) is 6.92 Å². The zero-order valence-corrected chi connectivity index (χ0v) is 10.5. The van der Waals surface area contributed by atoms with Crippen molar-refractivity contribution in [1.29, 1.82) is 0 Å². The monoisotopic (exact) mass is 244 g/mol. The first-order valence-electron chi connectivity index (χ1n) is 5.86. The highest BCUT2D eigenvalue weighted by Crippen LogP contribution is 2.00. The average Bonchev–Trinajstić information content (AvgIpc) is 2.82. The first-order chi connectivity index (χ1) is 8.65. The van der Waals surface area contributed by atoms with Crippen LogP contribution in [0.1, 0.15) is 23.0 Å². The van der Waals surface area contributed by atoms with Gasteiger partial charge in [0.15, 0.2) is 0 Å². The van der Waals surface area contributed by atoms with E-state index in [1.165, 1.54) is 0 Å². The number of amides is 1. The van der Waals surface area contributed by atoms with Crippen LogP contribution in [0.2, 0.25) is 0 Å². The quantitative estimate of drug-likeness (QED) is 0.884. The van der Waals surface area contributed by atoms with Gasteiger partial charge in [0, 0.05) is 30.3 Å². The van der Waals surface area contributed by atoms with Crippen molar-refractivity contribution in [2.24, 2.45) is 0 Å². The smallest absolute Gasteiger partial charge is 0.253 e. The molecule has 1 N–H and O–H groups in total. The van der Waals surface area contributed by atoms with E-state index in [2.05, 4.69) is 15.4 Å². The molecule has 1 amide bonds. The number of hydrogen-bond donors (Lipinski definition) is 1. The molecule has 2 aromatic rings. The van der Waals surface area contributed by atoms with Crippen LogP contribution in [0.5, 0.6) is 0 Å². The second-order valence-corrected chi connectivity index (χ2v) is 4.29. The van der Waals surface area contributed by atoms with E-state index in [0.29, 0.717) is 12.1 Å². The second kappa shape index (κ2) is 5.44. The van der Waals surface area contributed by atoms with E-state index in [9.17, 15) is 4.79 Å². The fraction of sp³-hybridized carbons (Fsp3) is 0.308. The number of nitrogens with zero attached hydrogens (tertiary/aromatic N) is 3. The molecule has 0 aliphatic heterocycles. The number of nitrogens with one attached hydrogen (secondary N) is 1. The summed E-state index contributed by atoms with van der Waals surface area (Å²) in [7, 11) is 0. The van der Waals surface area contributed by atoms with Gasteiger partial charge in [-0.3, -0.25) is 14.5 Å². The first-order valence-corrected chi connectivity index (χ1v) is 5.86. The summed E-state index contributed by atoms with van der Waals surface area (Å²) in [6.45, 7) is 4.49. The summed E-state index contributed by atoms with van der Waals surface area (Å²) in [6.07, 6.45) is 5.18. The molecule has 0 bridgehead atoms. The molecule has 18 heavy (non-hydrogen) atoms. The molecule has 5 heteroatoms. The summed E-state index contributed by atoms with van der Waals surface area (Å²) in [5, 5.41) is 7.02. The number of aromatic nitrogens is 3. The van der Waals surface area contributed by atoms with Crippen LogP contribution >= 0.6 is 0 Å². The maximum Gasteiger partial charge on any atom is 0.253 e. The Hall–Kier alpha value is -2.17. The van der Waals surface area contributed by atoms with Gasteiger partial charge < -0.3 is 5.32 Å². The number of rotatable bonds is 4. The maximum atomic E-state index is 11.9. The van der Waals surface area contributed by atoms with Crippen LogP contribution in [0.15, 0.2) is 36.8 Å². The van der Waals surface area contributed by atoms with Crippen molar-refractivity contribution in [2.45, 2.75) is 26.4 Å². The van der Waals surface area contributed by atoms with Crippen LogP contribution in [0.25, 0.3) is 0 Å². The lowest BCUT2D eigenvalue weighted by atomic mass is 10.2. The first kappa shape index (κ1) is 12.3. The molecular formula is C13H16N4O. The molecule has 0 saturated heterocycles. The third-order valence-electron chi connectivity index (χ3n) is 2.57. The molecule has 2 rings (SSSR count). The molecule has 0 aromatic carbocycles. The molecule has 0 spiro atoms. The fourth-order valence-corrected chi connectivity index (χ4v) is 1.64. The Balaban J connectivity index is 1.92. The Morgan fingerprint density at radius 2 is 2.33 bits per heavy atom. The summed E-state index contributed by atoms with van der Waals surface area (Å²) in [5.41, 5.74) is 1.48. The topological polar surface area (TPSA) is 59.8 Å². The van der Waals surface area contributed by atoms with Gasteiger partial charge in [0.25, 0.3) is 5.91 Å². The third-order valence-corrected chi connectivity index (χ3v) is 2.57. The Kier molecular flexibility index (Phi) is 3.72. The Morgan fingerprint density at radius 1 is 1.50 bits per heavy atom. The number of carbonyl (C=O) groups excluding carboxylic acids is 1. The lowest BCUT2D eigenvalue weighted by molar-refractivity contribution is 0.0935. The summed E-state index contributed by atoms with van der Waals surface area (Å²) in [5.74, 6) is -0.109. The average molecular weight is 244 g/mol. The van der Waals surface area contributed by atoms with Crippen molar-refractivity contribution < 1.29 is 4.79 Å². The summed E-state index contributed by atoms with van der Waals surface area (Å²) < 4.78 is 1.79. The summed E-state index contributed by atoms with van der Waals surface area (Å²) >= 11 is 0. The SMILES string of the molecule is Cc1ccc(C(=O)NC(C)Cn2cccn2)cn1. The number of pyridine rings is 1. The van der Waals surface area contributed by atoms with E-state index in [-0.39, 0.29) is 11.9 Å². The van der Waals surface area contributed by atoms with Crippen molar-refractivity contribution in [3.8, 4) is 0 Å². The van der Waals surface area contributed by atoms with Crippen molar-refractivity contribution in [3.05, 3.63) is 48.0 Å². The minimum atomic E-state index is -0.109. The zero-order chi connectivity index (χ0) is 13.0. The van der Waals surface area contributed by atoms with Crippen molar-refractivity contribution in [1.82, 2.24) is 20.1 Å². The van der Waals surface area contributed by atoms with Gasteiger partial charge in [-0.05, 0) is 32.0 Å². The van der Waals surface area contributed by atoms with Gasteiger partial charge in [-0.1, -0.05) is 0 Å². The Labute approximate surface area is 106 Å². The highest BCUT2D eigenvalue weighted by atomic mass is 16.1. The van der Waals surface area contributed by atoms with Gasteiger partial charge in [0.2, 0.25) is 0 Å². The molecule has 0 saturated carbocycles. The molecule has 94 valence electrons. The third kappa shape index (κ3) is 3.16. The van der Waals surface area contributed by atoms with Crippen molar-refractivity contribution >= 4 is 5.91 Å². The molecule has 2 aromatic heterocycles.